The lowest BCUT2D eigenvalue weighted by atomic mass is 9.98. The van der Waals surface area contributed by atoms with Gasteiger partial charge in [-0.3, -0.25) is 9.59 Å². The Morgan fingerprint density at radius 2 is 2.05 bits per heavy atom. The van der Waals surface area contributed by atoms with Crippen molar-refractivity contribution in [2.24, 2.45) is 5.92 Å². The number of rotatable bonds is 5. The molecule has 0 radical (unpaired) electrons. The Morgan fingerprint density at radius 1 is 1.33 bits per heavy atom. The maximum Gasteiger partial charge on any atom is 0.308 e. The molecule has 4 nitrogen and oxygen atoms in total. The number of hydrogen-bond acceptors (Lipinski definition) is 3. The average Bonchev–Trinajstić information content (AvgIpc) is 2.49. The van der Waals surface area contributed by atoms with Crippen molar-refractivity contribution in [1.82, 2.24) is 4.90 Å². The molecule has 0 bridgehead atoms. The van der Waals surface area contributed by atoms with E-state index in [0.29, 0.717) is 25.3 Å². The first-order chi connectivity index (χ1) is 10.1. The Hall–Kier alpha value is -1.49. The molecule has 0 unspecified atom stereocenters. The van der Waals surface area contributed by atoms with Crippen molar-refractivity contribution < 1.29 is 14.7 Å². The Balaban J connectivity index is 1.76. The Labute approximate surface area is 129 Å². The average molecular weight is 307 g/mol. The highest BCUT2D eigenvalue weighted by atomic mass is 32.2. The topological polar surface area (TPSA) is 57.6 Å². The second kappa shape index (κ2) is 7.50. The van der Waals surface area contributed by atoms with Gasteiger partial charge in [0.15, 0.2) is 0 Å². The first kappa shape index (κ1) is 15.9. The van der Waals surface area contributed by atoms with Crippen LogP contribution in [0.4, 0.5) is 0 Å². The standard InChI is InChI=1S/C16H21NO3S/c1-12-4-6-13(7-5-12)10-21-11-15(18)17-8-2-3-14(9-17)16(19)20/h4-7,14H,2-3,8-11H2,1H3,(H,19,20)/t14-/m1/s1. The SMILES string of the molecule is Cc1ccc(CSCC(=O)N2CCC[C@@H](C(=O)O)C2)cc1. The zero-order chi connectivity index (χ0) is 15.2. The zero-order valence-electron chi connectivity index (χ0n) is 12.2. The summed E-state index contributed by atoms with van der Waals surface area (Å²) in [6.45, 7) is 3.10. The molecular weight excluding hydrogens is 286 g/mol. The third kappa shape index (κ3) is 4.77. The van der Waals surface area contributed by atoms with Crippen molar-refractivity contribution in [2.45, 2.75) is 25.5 Å². The Bertz CT molecular complexity index is 501. The first-order valence-corrected chi connectivity index (χ1v) is 8.35. The van der Waals surface area contributed by atoms with Crippen LogP contribution < -0.4 is 0 Å². The lowest BCUT2D eigenvalue weighted by molar-refractivity contribution is -0.145. The summed E-state index contributed by atoms with van der Waals surface area (Å²) in [5, 5.41) is 9.04. The summed E-state index contributed by atoms with van der Waals surface area (Å²) in [6.07, 6.45) is 1.46. The number of aliphatic carboxylic acids is 1. The molecule has 1 heterocycles. The van der Waals surface area contributed by atoms with Crippen LogP contribution in [0.5, 0.6) is 0 Å². The summed E-state index contributed by atoms with van der Waals surface area (Å²) in [6, 6.07) is 8.29. The van der Waals surface area contributed by atoms with Gasteiger partial charge in [0.25, 0.3) is 0 Å². The van der Waals surface area contributed by atoms with E-state index in [1.807, 2.05) is 0 Å². The van der Waals surface area contributed by atoms with E-state index in [9.17, 15) is 9.59 Å². The minimum atomic E-state index is -0.792. The van der Waals surface area contributed by atoms with Crippen molar-refractivity contribution in [1.29, 1.82) is 0 Å². The predicted octanol–water partition coefficient (Wildman–Crippen LogP) is 2.55. The fourth-order valence-corrected chi connectivity index (χ4v) is 3.32. The molecule has 1 aliphatic rings. The van der Waals surface area contributed by atoms with Crippen LogP contribution in [-0.2, 0) is 15.3 Å². The number of piperidine rings is 1. The highest BCUT2D eigenvalue weighted by Crippen LogP contribution is 2.19. The van der Waals surface area contributed by atoms with E-state index in [-0.39, 0.29) is 5.91 Å². The molecule has 1 aliphatic heterocycles. The summed E-state index contributed by atoms with van der Waals surface area (Å²) in [5.74, 6) is 0.0882. The van der Waals surface area contributed by atoms with E-state index in [1.54, 1.807) is 16.7 Å². The second-order valence-electron chi connectivity index (χ2n) is 5.50. The molecule has 1 fully saturated rings. The van der Waals surface area contributed by atoms with Crippen molar-refractivity contribution in [3.8, 4) is 0 Å². The van der Waals surface area contributed by atoms with Crippen LogP contribution in [0.25, 0.3) is 0 Å². The van der Waals surface area contributed by atoms with Gasteiger partial charge in [0.05, 0.1) is 11.7 Å². The highest BCUT2D eigenvalue weighted by Gasteiger charge is 2.27. The molecule has 0 aliphatic carbocycles. The number of carboxylic acid groups (broad SMARTS) is 1. The number of carboxylic acids is 1. The first-order valence-electron chi connectivity index (χ1n) is 7.20. The van der Waals surface area contributed by atoms with Crippen LogP contribution in [0.15, 0.2) is 24.3 Å². The van der Waals surface area contributed by atoms with E-state index >= 15 is 0 Å². The molecule has 5 heteroatoms. The molecule has 2 rings (SSSR count). The van der Waals surface area contributed by atoms with Crippen molar-refractivity contribution in [2.75, 3.05) is 18.8 Å². The fourth-order valence-electron chi connectivity index (χ4n) is 2.44. The largest absolute Gasteiger partial charge is 0.481 e. The van der Waals surface area contributed by atoms with Gasteiger partial charge in [-0.1, -0.05) is 29.8 Å². The number of likely N-dealkylation sites (tertiary alicyclic amines) is 1. The quantitative estimate of drug-likeness (QED) is 0.908. The molecular formula is C16H21NO3S. The predicted molar refractivity (Wildman–Crippen MR) is 84.3 cm³/mol. The van der Waals surface area contributed by atoms with E-state index in [4.69, 9.17) is 5.11 Å². The zero-order valence-corrected chi connectivity index (χ0v) is 13.1. The van der Waals surface area contributed by atoms with Gasteiger partial charge in [0.2, 0.25) is 5.91 Å². The van der Waals surface area contributed by atoms with Gasteiger partial charge in [-0.15, -0.1) is 11.8 Å². The lowest BCUT2D eigenvalue weighted by Gasteiger charge is -2.30. The second-order valence-corrected chi connectivity index (χ2v) is 6.48. The van der Waals surface area contributed by atoms with E-state index in [1.165, 1.54) is 11.1 Å². The number of aryl methyl sites for hydroxylation is 1. The summed E-state index contributed by atoms with van der Waals surface area (Å²) in [5.41, 5.74) is 2.44. The number of carbonyl (C=O) groups excluding carboxylic acids is 1. The number of hydrogen-bond donors (Lipinski definition) is 1. The molecule has 21 heavy (non-hydrogen) atoms. The van der Waals surface area contributed by atoms with Crippen LogP contribution in [0.2, 0.25) is 0 Å². The van der Waals surface area contributed by atoms with Gasteiger partial charge in [0.1, 0.15) is 0 Å². The highest BCUT2D eigenvalue weighted by molar-refractivity contribution is 7.99. The van der Waals surface area contributed by atoms with Gasteiger partial charge in [0, 0.05) is 18.8 Å². The minimum Gasteiger partial charge on any atom is -0.481 e. The van der Waals surface area contributed by atoms with Crippen LogP contribution in [-0.4, -0.2) is 40.7 Å². The minimum absolute atomic E-state index is 0.0538. The van der Waals surface area contributed by atoms with Gasteiger partial charge < -0.3 is 10.0 Å². The van der Waals surface area contributed by atoms with Crippen molar-refractivity contribution in [3.05, 3.63) is 35.4 Å². The summed E-state index contributed by atoms with van der Waals surface area (Å²) in [4.78, 5) is 24.8. The maximum absolute atomic E-state index is 12.1. The van der Waals surface area contributed by atoms with Gasteiger partial charge in [-0.25, -0.2) is 0 Å². The molecule has 1 atom stereocenters. The van der Waals surface area contributed by atoms with Gasteiger partial charge >= 0.3 is 5.97 Å². The molecule has 0 aromatic heterocycles. The summed E-state index contributed by atoms with van der Waals surface area (Å²) >= 11 is 1.58. The molecule has 1 aromatic rings. The molecule has 1 N–H and O–H groups in total. The van der Waals surface area contributed by atoms with Crippen molar-refractivity contribution >= 4 is 23.6 Å². The van der Waals surface area contributed by atoms with Gasteiger partial charge in [-0.2, -0.15) is 0 Å². The fraction of sp³-hybridized carbons (Fsp3) is 0.500. The summed E-state index contributed by atoms with van der Waals surface area (Å²) in [7, 11) is 0. The number of nitrogens with zero attached hydrogens (tertiary/aromatic N) is 1. The smallest absolute Gasteiger partial charge is 0.308 e. The van der Waals surface area contributed by atoms with E-state index in [2.05, 4.69) is 31.2 Å². The number of carbonyl (C=O) groups is 2. The number of thioether (sulfide) groups is 1. The Kier molecular flexibility index (Phi) is 5.67. The van der Waals surface area contributed by atoms with Crippen LogP contribution >= 0.6 is 11.8 Å². The maximum atomic E-state index is 12.1. The van der Waals surface area contributed by atoms with E-state index < -0.39 is 11.9 Å². The molecule has 1 saturated heterocycles. The monoisotopic (exact) mass is 307 g/mol. The third-order valence-electron chi connectivity index (χ3n) is 3.74. The Morgan fingerprint density at radius 3 is 2.71 bits per heavy atom. The number of benzene rings is 1. The normalized spacial score (nSPS) is 18.5. The molecule has 0 saturated carbocycles. The molecule has 114 valence electrons. The van der Waals surface area contributed by atoms with Gasteiger partial charge in [-0.05, 0) is 25.3 Å². The summed E-state index contributed by atoms with van der Waals surface area (Å²) < 4.78 is 0. The molecule has 1 amide bonds. The van der Waals surface area contributed by atoms with Crippen LogP contribution in [0.1, 0.15) is 24.0 Å². The molecule has 0 spiro atoms. The van der Waals surface area contributed by atoms with Crippen LogP contribution in [0, 0.1) is 12.8 Å². The third-order valence-corrected chi connectivity index (χ3v) is 4.73. The van der Waals surface area contributed by atoms with Crippen LogP contribution in [0.3, 0.4) is 0 Å². The molecule has 1 aromatic carbocycles. The van der Waals surface area contributed by atoms with Crippen molar-refractivity contribution in [3.63, 3.8) is 0 Å². The lowest BCUT2D eigenvalue weighted by Crippen LogP contribution is -2.43. The number of amides is 1. The van der Waals surface area contributed by atoms with E-state index in [0.717, 1.165) is 12.2 Å².